The Morgan fingerprint density at radius 2 is 1.84 bits per heavy atom. The maximum atomic E-state index is 12.9. The number of pyridine rings is 1. The number of carbonyl (C=O) groups excluding carboxylic acids is 2. The van der Waals surface area contributed by atoms with Gasteiger partial charge in [-0.1, -0.05) is 36.4 Å². The van der Waals surface area contributed by atoms with Crippen molar-refractivity contribution in [2.45, 2.75) is 51.3 Å². The molecule has 0 saturated carbocycles. The van der Waals surface area contributed by atoms with Crippen LogP contribution in [0, 0.1) is 20.8 Å². The minimum absolute atomic E-state index is 0.117. The lowest BCUT2D eigenvalue weighted by molar-refractivity contribution is -0.115. The number of hydrogen-bond donors (Lipinski definition) is 1. The number of carbonyl (C=O) groups is 2. The molecular weight excluding hydrogens is 408 g/mol. The van der Waals surface area contributed by atoms with Gasteiger partial charge in [-0.15, -0.1) is 0 Å². The average molecular weight is 437 g/mol. The molecule has 3 rings (SSSR count). The minimum atomic E-state index is -0.401. The molecule has 1 N–H and O–H groups in total. The third kappa shape index (κ3) is 5.44. The molecular formula is C25H28N2O3S. The molecule has 1 atom stereocenters. The monoisotopic (exact) mass is 436 g/mol. The van der Waals surface area contributed by atoms with Gasteiger partial charge >= 0.3 is 5.97 Å². The van der Waals surface area contributed by atoms with Crippen molar-refractivity contribution in [1.82, 2.24) is 4.98 Å². The van der Waals surface area contributed by atoms with Crippen molar-refractivity contribution in [3.05, 3.63) is 64.7 Å². The summed E-state index contributed by atoms with van der Waals surface area (Å²) in [6.07, 6.45) is 0.652. The van der Waals surface area contributed by atoms with Gasteiger partial charge in [0.05, 0.1) is 28.0 Å². The molecule has 162 valence electrons. The lowest BCUT2D eigenvalue weighted by Crippen LogP contribution is -2.24. The van der Waals surface area contributed by atoms with Crippen LogP contribution in [0.15, 0.2) is 47.5 Å². The summed E-state index contributed by atoms with van der Waals surface area (Å²) in [4.78, 5) is 29.7. The molecule has 1 aromatic heterocycles. The number of amides is 1. The predicted molar refractivity (Wildman–Crippen MR) is 127 cm³/mol. The van der Waals surface area contributed by atoms with Crippen LogP contribution in [0.4, 0.5) is 5.69 Å². The summed E-state index contributed by atoms with van der Waals surface area (Å²) in [6, 6.07) is 13.1. The lowest BCUT2D eigenvalue weighted by atomic mass is 10.0. The summed E-state index contributed by atoms with van der Waals surface area (Å²) >= 11 is 1.46. The van der Waals surface area contributed by atoms with Crippen molar-refractivity contribution >= 4 is 40.2 Å². The zero-order chi connectivity index (χ0) is 22.5. The van der Waals surface area contributed by atoms with Crippen LogP contribution >= 0.6 is 11.8 Å². The fraction of sp³-hybridized carbons (Fsp3) is 0.320. The van der Waals surface area contributed by atoms with E-state index < -0.39 is 5.97 Å². The van der Waals surface area contributed by atoms with E-state index in [1.165, 1.54) is 17.3 Å². The SMILES string of the molecule is CCOC(=O)c1cccc(NC(=O)C(CC)Sc2cc(C)c3cc(C)cc(C)c3n2)c1. The van der Waals surface area contributed by atoms with Gasteiger partial charge in [-0.3, -0.25) is 4.79 Å². The van der Waals surface area contributed by atoms with Crippen molar-refractivity contribution in [2.75, 3.05) is 11.9 Å². The second-order valence-electron chi connectivity index (χ2n) is 7.56. The molecule has 1 heterocycles. The number of nitrogens with one attached hydrogen (secondary N) is 1. The molecule has 0 bridgehead atoms. The number of rotatable bonds is 7. The summed E-state index contributed by atoms with van der Waals surface area (Å²) in [5, 5.41) is 4.60. The van der Waals surface area contributed by atoms with Gasteiger partial charge in [0.2, 0.25) is 5.91 Å². The molecule has 5 nitrogen and oxygen atoms in total. The number of nitrogens with zero attached hydrogens (tertiary/aromatic N) is 1. The van der Waals surface area contributed by atoms with Crippen LogP contribution in [0.5, 0.6) is 0 Å². The third-order valence-corrected chi connectivity index (χ3v) is 6.28. The number of anilines is 1. The first-order valence-electron chi connectivity index (χ1n) is 10.5. The number of benzene rings is 2. The maximum Gasteiger partial charge on any atom is 0.338 e. The van der Waals surface area contributed by atoms with Crippen LogP contribution in [0.2, 0.25) is 0 Å². The number of aryl methyl sites for hydroxylation is 3. The van der Waals surface area contributed by atoms with E-state index in [4.69, 9.17) is 9.72 Å². The summed E-state index contributed by atoms with van der Waals surface area (Å²) in [6.45, 7) is 10.3. The van der Waals surface area contributed by atoms with Gasteiger partial charge < -0.3 is 10.1 Å². The number of aromatic nitrogens is 1. The summed E-state index contributed by atoms with van der Waals surface area (Å²) in [7, 11) is 0. The highest BCUT2D eigenvalue weighted by atomic mass is 32.2. The second kappa shape index (κ2) is 9.96. The van der Waals surface area contributed by atoms with Crippen LogP contribution in [0.1, 0.15) is 47.3 Å². The van der Waals surface area contributed by atoms with E-state index in [9.17, 15) is 9.59 Å². The fourth-order valence-corrected chi connectivity index (χ4v) is 4.52. The van der Waals surface area contributed by atoms with Gasteiger partial charge in [0.1, 0.15) is 0 Å². The second-order valence-corrected chi connectivity index (χ2v) is 8.78. The van der Waals surface area contributed by atoms with Gasteiger partial charge in [0.15, 0.2) is 0 Å². The molecule has 1 amide bonds. The van der Waals surface area contributed by atoms with Crippen molar-refractivity contribution in [3.8, 4) is 0 Å². The van der Waals surface area contributed by atoms with Crippen molar-refractivity contribution < 1.29 is 14.3 Å². The van der Waals surface area contributed by atoms with E-state index >= 15 is 0 Å². The number of esters is 1. The summed E-state index contributed by atoms with van der Waals surface area (Å²) in [5.74, 6) is -0.518. The summed E-state index contributed by atoms with van der Waals surface area (Å²) in [5.41, 5.74) is 5.46. The largest absolute Gasteiger partial charge is 0.462 e. The van der Waals surface area contributed by atoms with E-state index in [0.717, 1.165) is 27.1 Å². The predicted octanol–water partition coefficient (Wildman–Crippen LogP) is 5.85. The van der Waals surface area contributed by atoms with E-state index in [-0.39, 0.29) is 11.2 Å². The normalized spacial score (nSPS) is 11.9. The minimum Gasteiger partial charge on any atom is -0.462 e. The maximum absolute atomic E-state index is 12.9. The van der Waals surface area contributed by atoms with Gasteiger partial charge in [-0.25, -0.2) is 9.78 Å². The van der Waals surface area contributed by atoms with Crippen molar-refractivity contribution in [3.63, 3.8) is 0 Å². The molecule has 31 heavy (non-hydrogen) atoms. The van der Waals surface area contributed by atoms with Gasteiger partial charge in [0.25, 0.3) is 0 Å². The Balaban J connectivity index is 1.79. The van der Waals surface area contributed by atoms with E-state index in [0.29, 0.717) is 24.3 Å². The number of thioether (sulfide) groups is 1. The van der Waals surface area contributed by atoms with Crippen LogP contribution in [-0.2, 0) is 9.53 Å². The quantitative estimate of drug-likeness (QED) is 0.372. The van der Waals surface area contributed by atoms with Crippen LogP contribution < -0.4 is 5.32 Å². The Bertz CT molecular complexity index is 1130. The lowest BCUT2D eigenvalue weighted by Gasteiger charge is -2.16. The zero-order valence-electron chi connectivity index (χ0n) is 18.6. The Morgan fingerprint density at radius 3 is 2.55 bits per heavy atom. The Kier molecular flexibility index (Phi) is 7.33. The molecule has 0 fully saturated rings. The molecule has 3 aromatic rings. The highest BCUT2D eigenvalue weighted by molar-refractivity contribution is 8.00. The van der Waals surface area contributed by atoms with Crippen LogP contribution in [-0.4, -0.2) is 28.7 Å². The van der Waals surface area contributed by atoms with Crippen molar-refractivity contribution in [1.29, 1.82) is 0 Å². The molecule has 6 heteroatoms. The highest BCUT2D eigenvalue weighted by Crippen LogP contribution is 2.30. The fourth-order valence-electron chi connectivity index (χ4n) is 3.50. The number of hydrogen-bond acceptors (Lipinski definition) is 5. The van der Waals surface area contributed by atoms with E-state index in [1.807, 2.05) is 13.0 Å². The molecule has 0 radical (unpaired) electrons. The van der Waals surface area contributed by atoms with Gasteiger partial charge in [-0.2, -0.15) is 0 Å². The van der Waals surface area contributed by atoms with Crippen LogP contribution in [0.25, 0.3) is 10.9 Å². The molecule has 0 spiro atoms. The molecule has 0 aliphatic carbocycles. The standard InChI is InChI=1S/C25H28N2O3S/c1-6-21(24(28)26-19-10-8-9-18(14-19)25(29)30-7-2)31-22-13-16(4)20-12-15(3)11-17(5)23(20)27-22/h8-14,21H,6-7H2,1-5H3,(H,26,28). The highest BCUT2D eigenvalue weighted by Gasteiger charge is 2.20. The Labute approximate surface area is 187 Å². The van der Waals surface area contributed by atoms with Crippen LogP contribution in [0.3, 0.4) is 0 Å². The molecule has 1 unspecified atom stereocenters. The zero-order valence-corrected chi connectivity index (χ0v) is 19.4. The van der Waals surface area contributed by atoms with Gasteiger partial charge in [0, 0.05) is 11.1 Å². The van der Waals surface area contributed by atoms with Gasteiger partial charge in [-0.05, 0) is 75.6 Å². The van der Waals surface area contributed by atoms with E-state index in [1.54, 1.807) is 31.2 Å². The third-order valence-electron chi connectivity index (χ3n) is 5.00. The molecule has 2 aromatic carbocycles. The van der Waals surface area contributed by atoms with E-state index in [2.05, 4.69) is 38.2 Å². The first kappa shape index (κ1) is 22.8. The number of ether oxygens (including phenoxy) is 1. The molecule has 0 aliphatic rings. The smallest absolute Gasteiger partial charge is 0.338 e. The average Bonchev–Trinajstić information content (AvgIpc) is 2.73. The Morgan fingerprint density at radius 1 is 1.06 bits per heavy atom. The first-order valence-corrected chi connectivity index (χ1v) is 11.3. The topological polar surface area (TPSA) is 68.3 Å². The Hall–Kier alpha value is -2.86. The summed E-state index contributed by atoms with van der Waals surface area (Å²) < 4.78 is 5.03. The molecule has 0 saturated heterocycles. The number of fused-ring (bicyclic) bond motifs is 1. The van der Waals surface area contributed by atoms with Crippen molar-refractivity contribution in [2.24, 2.45) is 0 Å². The molecule has 0 aliphatic heterocycles. The first-order chi connectivity index (χ1) is 14.8.